The minimum absolute atomic E-state index is 0. The molecular formula is C10H25B. The zero-order valence-electron chi connectivity index (χ0n) is 7.02. The molecule has 3 atom stereocenters. The molecule has 68 valence electrons. The van der Waals surface area contributed by atoms with Crippen LogP contribution in [0.1, 0.15) is 49.0 Å². The minimum atomic E-state index is 0. The molecule has 0 aromatic rings. The van der Waals surface area contributed by atoms with E-state index in [2.05, 4.69) is 27.7 Å². The Kier molecular flexibility index (Phi) is 12.8. The Bertz CT molecular complexity index is 69.3. The van der Waals surface area contributed by atoms with E-state index in [1.807, 2.05) is 0 Å². The third-order valence-corrected chi connectivity index (χ3v) is 2.37. The highest BCUT2D eigenvalue weighted by Gasteiger charge is 2.12. The summed E-state index contributed by atoms with van der Waals surface area (Å²) in [5.41, 5.74) is 0. The lowest BCUT2D eigenvalue weighted by atomic mass is 9.73. The topological polar surface area (TPSA) is 0 Å². The van der Waals surface area contributed by atoms with E-state index in [0.29, 0.717) is 11.7 Å². The van der Waals surface area contributed by atoms with Gasteiger partial charge in [-0.15, -0.1) is 0 Å². The fourth-order valence-corrected chi connectivity index (χ4v) is 0.890. The van der Waals surface area contributed by atoms with E-state index in [1.54, 1.807) is 0 Å². The molecule has 0 aliphatic carbocycles. The van der Waals surface area contributed by atoms with E-state index in [4.69, 9.17) is 7.85 Å². The molecular weight excluding hydrogens is 131 g/mol. The van der Waals surface area contributed by atoms with Crippen LogP contribution < -0.4 is 0 Å². The lowest BCUT2D eigenvalue weighted by Crippen LogP contribution is -2.11. The first-order chi connectivity index (χ1) is 4.09. The highest BCUT2D eigenvalue weighted by Crippen LogP contribution is 2.24. The van der Waals surface area contributed by atoms with Crippen LogP contribution in [0.25, 0.3) is 0 Å². The second-order valence-corrected chi connectivity index (χ2v) is 3.10. The SMILES string of the molecule is C.C.[B]C(C)C(C)C(C)CC. The Balaban J connectivity index is -0.000000320. The maximum Gasteiger partial charge on any atom is 0.0699 e. The van der Waals surface area contributed by atoms with E-state index in [9.17, 15) is 0 Å². The van der Waals surface area contributed by atoms with Crippen LogP contribution in [0.2, 0.25) is 5.82 Å². The highest BCUT2D eigenvalue weighted by molar-refractivity contribution is 6.11. The second-order valence-electron chi connectivity index (χ2n) is 3.10. The Morgan fingerprint density at radius 3 is 1.55 bits per heavy atom. The van der Waals surface area contributed by atoms with E-state index >= 15 is 0 Å². The molecule has 0 saturated carbocycles. The van der Waals surface area contributed by atoms with E-state index in [-0.39, 0.29) is 14.9 Å². The molecule has 11 heavy (non-hydrogen) atoms. The van der Waals surface area contributed by atoms with E-state index < -0.39 is 0 Å². The number of hydrogen-bond donors (Lipinski definition) is 0. The summed E-state index contributed by atoms with van der Waals surface area (Å²) in [5, 5.41) is 0. The van der Waals surface area contributed by atoms with Crippen molar-refractivity contribution < 1.29 is 0 Å². The van der Waals surface area contributed by atoms with Crippen LogP contribution in [0.15, 0.2) is 0 Å². The van der Waals surface area contributed by atoms with Crippen molar-refractivity contribution in [1.29, 1.82) is 0 Å². The first-order valence-electron chi connectivity index (χ1n) is 3.85. The van der Waals surface area contributed by atoms with Crippen molar-refractivity contribution in [2.45, 2.75) is 54.8 Å². The van der Waals surface area contributed by atoms with Crippen LogP contribution in [0, 0.1) is 11.8 Å². The first kappa shape index (κ1) is 17.2. The molecule has 0 rings (SSSR count). The summed E-state index contributed by atoms with van der Waals surface area (Å²) in [6, 6.07) is 0. The molecule has 0 aromatic carbocycles. The van der Waals surface area contributed by atoms with Crippen LogP contribution in [0.3, 0.4) is 0 Å². The monoisotopic (exact) mass is 156 g/mol. The summed E-state index contributed by atoms with van der Waals surface area (Å²) >= 11 is 0. The molecule has 1 heteroatoms. The van der Waals surface area contributed by atoms with E-state index in [1.165, 1.54) is 6.42 Å². The smallest absolute Gasteiger partial charge is 0.0699 e. The average molecular weight is 156 g/mol. The Morgan fingerprint density at radius 1 is 1.09 bits per heavy atom. The van der Waals surface area contributed by atoms with Gasteiger partial charge in [0.05, 0.1) is 7.85 Å². The van der Waals surface area contributed by atoms with Gasteiger partial charge < -0.3 is 0 Å². The predicted octanol–water partition coefficient (Wildman–Crippen LogP) is 3.92. The molecule has 2 radical (unpaired) electrons. The molecule has 0 nitrogen and oxygen atoms in total. The molecule has 0 spiro atoms. The third kappa shape index (κ3) is 6.46. The Morgan fingerprint density at radius 2 is 1.45 bits per heavy atom. The minimum Gasteiger partial charge on any atom is -0.0776 e. The maximum atomic E-state index is 5.71. The molecule has 0 bridgehead atoms. The standard InChI is InChI=1S/C8H17B.2CH4/c1-5-6(2)7(3)8(4)9;;/h6-8H,5H2,1-4H3;2*1H4. The summed E-state index contributed by atoms with van der Waals surface area (Å²) in [6.45, 7) is 8.77. The maximum absolute atomic E-state index is 5.71. The number of hydrogen-bond acceptors (Lipinski definition) is 0. The fourth-order valence-electron chi connectivity index (χ4n) is 0.890. The molecule has 0 fully saturated rings. The molecule has 0 aliphatic heterocycles. The largest absolute Gasteiger partial charge is 0.0776 e. The molecule has 3 unspecified atom stereocenters. The van der Waals surface area contributed by atoms with Crippen molar-refractivity contribution in [3.05, 3.63) is 0 Å². The normalized spacial score (nSPS) is 17.1. The summed E-state index contributed by atoms with van der Waals surface area (Å²) < 4.78 is 0. The highest BCUT2D eigenvalue weighted by atomic mass is 14.2. The number of rotatable bonds is 3. The first-order valence-corrected chi connectivity index (χ1v) is 3.85. The van der Waals surface area contributed by atoms with E-state index in [0.717, 1.165) is 5.92 Å². The van der Waals surface area contributed by atoms with Crippen LogP contribution in [-0.2, 0) is 0 Å². The van der Waals surface area contributed by atoms with Gasteiger partial charge in [-0.3, -0.25) is 0 Å². The predicted molar refractivity (Wildman–Crippen MR) is 57.3 cm³/mol. The van der Waals surface area contributed by atoms with Gasteiger partial charge in [0.25, 0.3) is 0 Å². The van der Waals surface area contributed by atoms with Gasteiger partial charge in [-0.2, -0.15) is 0 Å². The van der Waals surface area contributed by atoms with Gasteiger partial charge in [0.15, 0.2) is 0 Å². The zero-order valence-corrected chi connectivity index (χ0v) is 7.02. The van der Waals surface area contributed by atoms with Gasteiger partial charge in [0, 0.05) is 0 Å². The molecule has 0 aromatic heterocycles. The van der Waals surface area contributed by atoms with Gasteiger partial charge in [0.2, 0.25) is 0 Å². The summed E-state index contributed by atoms with van der Waals surface area (Å²) in [7, 11) is 5.71. The van der Waals surface area contributed by atoms with Crippen LogP contribution in [0.5, 0.6) is 0 Å². The van der Waals surface area contributed by atoms with Crippen LogP contribution in [-0.4, -0.2) is 7.85 Å². The van der Waals surface area contributed by atoms with Gasteiger partial charge in [-0.25, -0.2) is 0 Å². The Labute approximate surface area is 75.2 Å². The molecule has 0 N–H and O–H groups in total. The van der Waals surface area contributed by atoms with Crippen LogP contribution >= 0.6 is 0 Å². The third-order valence-electron chi connectivity index (χ3n) is 2.37. The quantitative estimate of drug-likeness (QED) is 0.543. The Hall–Kier alpha value is 0.0649. The summed E-state index contributed by atoms with van der Waals surface area (Å²) in [6.07, 6.45) is 1.24. The zero-order chi connectivity index (χ0) is 7.44. The summed E-state index contributed by atoms with van der Waals surface area (Å²) in [4.78, 5) is 0. The lowest BCUT2D eigenvalue weighted by molar-refractivity contribution is 0.368. The second kappa shape index (κ2) is 8.16. The van der Waals surface area contributed by atoms with Gasteiger partial charge in [-0.05, 0) is 11.8 Å². The van der Waals surface area contributed by atoms with Crippen molar-refractivity contribution in [1.82, 2.24) is 0 Å². The fraction of sp³-hybridized carbons (Fsp3) is 1.00. The molecule has 0 saturated heterocycles. The molecule has 0 heterocycles. The van der Waals surface area contributed by atoms with Crippen molar-refractivity contribution in [2.75, 3.05) is 0 Å². The van der Waals surface area contributed by atoms with Crippen molar-refractivity contribution in [3.8, 4) is 0 Å². The summed E-state index contributed by atoms with van der Waals surface area (Å²) in [5.74, 6) is 1.78. The van der Waals surface area contributed by atoms with Crippen molar-refractivity contribution in [2.24, 2.45) is 11.8 Å². The van der Waals surface area contributed by atoms with Gasteiger partial charge >= 0.3 is 0 Å². The van der Waals surface area contributed by atoms with Crippen molar-refractivity contribution in [3.63, 3.8) is 0 Å². The molecule has 0 aliphatic rings. The van der Waals surface area contributed by atoms with Gasteiger partial charge in [0.1, 0.15) is 0 Å². The lowest BCUT2D eigenvalue weighted by Gasteiger charge is -2.21. The van der Waals surface area contributed by atoms with Gasteiger partial charge in [-0.1, -0.05) is 54.8 Å². The molecule has 0 amide bonds. The van der Waals surface area contributed by atoms with Crippen molar-refractivity contribution >= 4 is 7.85 Å². The average Bonchev–Trinajstić information content (AvgIpc) is 1.84. The van der Waals surface area contributed by atoms with Crippen LogP contribution in [0.4, 0.5) is 0 Å².